The number of hydrogen-bond acceptors (Lipinski definition) is 9. The first-order chi connectivity index (χ1) is 22.9. The van der Waals surface area contributed by atoms with Crippen molar-refractivity contribution in [1.82, 2.24) is 9.47 Å². The van der Waals surface area contributed by atoms with Crippen molar-refractivity contribution in [1.29, 1.82) is 0 Å². The molecule has 0 radical (unpaired) electrons. The number of nitrogens with zero attached hydrogens (tertiary/aromatic N) is 3. The molecule has 0 saturated carbocycles. The lowest BCUT2D eigenvalue weighted by Crippen LogP contribution is -2.43. The summed E-state index contributed by atoms with van der Waals surface area (Å²) in [5, 5.41) is 0.526. The number of halogens is 1. The van der Waals surface area contributed by atoms with E-state index < -0.39 is 12.0 Å². The van der Waals surface area contributed by atoms with Crippen LogP contribution in [0.1, 0.15) is 29.7 Å². The lowest BCUT2D eigenvalue weighted by Gasteiger charge is -2.26. The topological polar surface area (TPSA) is 109 Å². The maximum atomic E-state index is 14.2. The fraction of sp³-hybridized carbons (Fsp3) is 0.257. The highest BCUT2D eigenvalue weighted by Crippen LogP contribution is 2.35. The average molecular weight is 674 g/mol. The number of methoxy groups -OCH3 is 1. The molecule has 1 fully saturated rings. The van der Waals surface area contributed by atoms with Gasteiger partial charge in [-0.15, -0.1) is 0 Å². The first kappa shape index (κ1) is 32.2. The Hall–Kier alpha value is -4.71. The summed E-state index contributed by atoms with van der Waals surface area (Å²) in [4.78, 5) is 47.4. The van der Waals surface area contributed by atoms with Crippen LogP contribution >= 0.6 is 22.9 Å². The van der Waals surface area contributed by atoms with Gasteiger partial charge in [0, 0.05) is 23.7 Å². The Morgan fingerprint density at radius 2 is 1.79 bits per heavy atom. The maximum absolute atomic E-state index is 14.2. The van der Waals surface area contributed by atoms with E-state index in [1.165, 1.54) is 23.0 Å². The number of carbonyl (C=O) groups excluding carboxylic acids is 2. The number of amides is 1. The van der Waals surface area contributed by atoms with Gasteiger partial charge < -0.3 is 23.8 Å². The number of esters is 1. The summed E-state index contributed by atoms with van der Waals surface area (Å²) in [6.45, 7) is 3.83. The molecule has 242 valence electrons. The van der Waals surface area contributed by atoms with Crippen LogP contribution in [0.25, 0.3) is 11.8 Å². The van der Waals surface area contributed by atoms with Crippen molar-refractivity contribution in [2.24, 2.45) is 4.99 Å². The van der Waals surface area contributed by atoms with Gasteiger partial charge in [-0.25, -0.2) is 9.79 Å². The molecule has 2 aliphatic rings. The minimum Gasteiger partial charge on any atom is -0.493 e. The largest absolute Gasteiger partial charge is 0.493 e. The zero-order valence-electron chi connectivity index (χ0n) is 25.8. The first-order valence-corrected chi connectivity index (χ1v) is 16.3. The lowest BCUT2D eigenvalue weighted by molar-refractivity contribution is -0.139. The zero-order chi connectivity index (χ0) is 32.9. The molecule has 0 aliphatic carbocycles. The minimum atomic E-state index is -0.811. The molecular formula is C35H32ClN3O7S. The lowest BCUT2D eigenvalue weighted by atomic mass is 9.93. The Morgan fingerprint density at radius 1 is 1.04 bits per heavy atom. The second-order valence-corrected chi connectivity index (χ2v) is 12.1. The fourth-order valence-electron chi connectivity index (χ4n) is 5.49. The molecular weight excluding hydrogens is 642 g/mol. The number of benzene rings is 3. The van der Waals surface area contributed by atoms with Gasteiger partial charge in [0.15, 0.2) is 22.9 Å². The monoisotopic (exact) mass is 673 g/mol. The van der Waals surface area contributed by atoms with Crippen LogP contribution < -0.4 is 24.4 Å². The number of aromatic nitrogens is 1. The number of hydrogen-bond donors (Lipinski definition) is 0. The second kappa shape index (κ2) is 14.4. The smallest absolute Gasteiger partial charge is 0.338 e. The van der Waals surface area contributed by atoms with Crippen molar-refractivity contribution < 1.29 is 28.5 Å². The standard InChI is InChI=1S/C35H32ClN3O7S/c1-3-45-34(42)30-31(23-7-5-4-6-8-23)37-35-39(32(30)24-10-12-25(36)13-11-24)33(41)28(47-35)20-22-9-14-26(27(19-22)43-2)46-21-29(40)38-15-17-44-18-16-38/h4-14,19-20,32H,3,15-18,21H2,1-2H3/b28-20+/t32-/m0/s1. The highest BCUT2D eigenvalue weighted by molar-refractivity contribution is 7.07. The van der Waals surface area contributed by atoms with E-state index in [2.05, 4.69) is 0 Å². The average Bonchev–Trinajstić information content (AvgIpc) is 3.41. The van der Waals surface area contributed by atoms with Gasteiger partial charge in [-0.2, -0.15) is 0 Å². The van der Waals surface area contributed by atoms with Crippen LogP contribution in [0, 0.1) is 0 Å². The Labute approximate surface area is 279 Å². The van der Waals surface area contributed by atoms with Crippen molar-refractivity contribution >= 4 is 46.6 Å². The van der Waals surface area contributed by atoms with E-state index >= 15 is 0 Å². The molecule has 0 N–H and O–H groups in total. The number of morpholine rings is 1. The van der Waals surface area contributed by atoms with E-state index in [4.69, 9.17) is 35.5 Å². The minimum absolute atomic E-state index is 0.132. The van der Waals surface area contributed by atoms with E-state index in [9.17, 15) is 14.4 Å². The van der Waals surface area contributed by atoms with E-state index in [0.717, 1.165) is 5.56 Å². The number of carbonyl (C=O) groups is 2. The molecule has 1 aromatic heterocycles. The van der Waals surface area contributed by atoms with Gasteiger partial charge in [-0.3, -0.25) is 14.2 Å². The SMILES string of the molecule is CCOC(=O)C1=C(c2ccccc2)N=c2s/c(=C/c3ccc(OCC(=O)N4CCOCC4)c(OC)c3)c(=O)n2[C@H]1c1ccc(Cl)cc1. The van der Waals surface area contributed by atoms with E-state index in [1.807, 2.05) is 30.3 Å². The summed E-state index contributed by atoms with van der Waals surface area (Å²) in [5.74, 6) is 0.128. The summed E-state index contributed by atoms with van der Waals surface area (Å²) in [7, 11) is 1.51. The normalized spacial score (nSPS) is 16.4. The van der Waals surface area contributed by atoms with Crippen LogP contribution in [0.2, 0.25) is 5.02 Å². The van der Waals surface area contributed by atoms with Crippen LogP contribution in [-0.2, 0) is 19.1 Å². The number of rotatable bonds is 9. The molecule has 0 unspecified atom stereocenters. The molecule has 4 aromatic rings. The molecule has 1 atom stereocenters. The van der Waals surface area contributed by atoms with Crippen LogP contribution in [0.15, 0.2) is 88.2 Å². The summed E-state index contributed by atoms with van der Waals surface area (Å²) in [5.41, 5.74) is 2.46. The molecule has 47 heavy (non-hydrogen) atoms. The number of ether oxygens (including phenoxy) is 4. The van der Waals surface area contributed by atoms with Crippen LogP contribution in [-0.4, -0.2) is 68.0 Å². The molecule has 3 heterocycles. The Kier molecular flexibility index (Phi) is 9.86. The third kappa shape index (κ3) is 6.87. The summed E-state index contributed by atoms with van der Waals surface area (Å²) in [6.07, 6.45) is 1.74. The van der Waals surface area contributed by atoms with E-state index in [-0.39, 0.29) is 30.3 Å². The maximum Gasteiger partial charge on any atom is 0.338 e. The van der Waals surface area contributed by atoms with Crippen molar-refractivity contribution in [3.05, 3.63) is 120 Å². The quantitative estimate of drug-likeness (QED) is 0.249. The Balaban J connectivity index is 1.42. The second-order valence-electron chi connectivity index (χ2n) is 10.7. The van der Waals surface area contributed by atoms with Crippen LogP contribution in [0.5, 0.6) is 11.5 Å². The van der Waals surface area contributed by atoms with Crippen molar-refractivity contribution in [2.45, 2.75) is 13.0 Å². The molecule has 12 heteroatoms. The molecule has 1 amide bonds. The highest BCUT2D eigenvalue weighted by Gasteiger charge is 2.35. The van der Waals surface area contributed by atoms with Crippen molar-refractivity contribution in [3.63, 3.8) is 0 Å². The van der Waals surface area contributed by atoms with E-state index in [0.29, 0.717) is 69.0 Å². The van der Waals surface area contributed by atoms with Crippen LogP contribution in [0.3, 0.4) is 0 Å². The van der Waals surface area contributed by atoms with Gasteiger partial charge in [0.1, 0.15) is 0 Å². The van der Waals surface area contributed by atoms with Gasteiger partial charge in [0.05, 0.1) is 48.8 Å². The van der Waals surface area contributed by atoms with Gasteiger partial charge in [-0.1, -0.05) is 71.5 Å². The first-order valence-electron chi connectivity index (χ1n) is 15.1. The molecule has 2 aliphatic heterocycles. The third-order valence-electron chi connectivity index (χ3n) is 7.76. The summed E-state index contributed by atoms with van der Waals surface area (Å²) < 4.78 is 24.1. The Bertz CT molecular complexity index is 2000. The predicted molar refractivity (Wildman–Crippen MR) is 178 cm³/mol. The van der Waals surface area contributed by atoms with Gasteiger partial charge in [0.25, 0.3) is 11.5 Å². The van der Waals surface area contributed by atoms with E-state index in [1.54, 1.807) is 60.4 Å². The summed E-state index contributed by atoms with van der Waals surface area (Å²) in [6, 6.07) is 20.8. The third-order valence-corrected chi connectivity index (χ3v) is 8.99. The zero-order valence-corrected chi connectivity index (χ0v) is 27.4. The van der Waals surface area contributed by atoms with Crippen molar-refractivity contribution in [3.8, 4) is 11.5 Å². The molecule has 0 bridgehead atoms. The molecule has 3 aromatic carbocycles. The van der Waals surface area contributed by atoms with Gasteiger partial charge >= 0.3 is 5.97 Å². The number of thiazole rings is 1. The highest BCUT2D eigenvalue weighted by atomic mass is 35.5. The number of fused-ring (bicyclic) bond motifs is 1. The molecule has 1 saturated heterocycles. The Morgan fingerprint density at radius 3 is 2.49 bits per heavy atom. The molecule has 10 nitrogen and oxygen atoms in total. The predicted octanol–water partition coefficient (Wildman–Crippen LogP) is 3.84. The van der Waals surface area contributed by atoms with Crippen molar-refractivity contribution in [2.75, 3.05) is 46.6 Å². The molecule has 0 spiro atoms. The summed E-state index contributed by atoms with van der Waals surface area (Å²) >= 11 is 7.44. The van der Waals surface area contributed by atoms with Gasteiger partial charge in [-0.05, 0) is 48.4 Å². The fourth-order valence-corrected chi connectivity index (χ4v) is 6.62. The van der Waals surface area contributed by atoms with Gasteiger partial charge in [0.2, 0.25) is 0 Å². The van der Waals surface area contributed by atoms with Crippen LogP contribution in [0.4, 0.5) is 0 Å². The molecule has 6 rings (SSSR count).